The highest BCUT2D eigenvalue weighted by molar-refractivity contribution is 8.76. The van der Waals surface area contributed by atoms with E-state index < -0.39 is 17.8 Å². The van der Waals surface area contributed by atoms with Gasteiger partial charge in [0.05, 0.1) is 72.5 Å². The number of nitrogens with zero attached hydrogens (tertiary/aromatic N) is 2. The lowest BCUT2D eigenvalue weighted by Gasteiger charge is -2.12. The fourth-order valence-corrected chi connectivity index (χ4v) is 4.71. The summed E-state index contributed by atoms with van der Waals surface area (Å²) in [5.41, 5.74) is 0. The molecule has 0 atom stereocenters. The van der Waals surface area contributed by atoms with Crippen molar-refractivity contribution in [1.82, 2.24) is 15.4 Å². The molecule has 0 unspecified atom stereocenters. The van der Waals surface area contributed by atoms with Gasteiger partial charge in [0.15, 0.2) is 0 Å². The number of hydrogen-bond donors (Lipinski definition) is 1. The minimum atomic E-state index is -0.701. The maximum Gasteiger partial charge on any atom is 0.335 e. The zero-order chi connectivity index (χ0) is 28.7. The first-order valence-corrected chi connectivity index (χ1v) is 15.3. The lowest BCUT2D eigenvalue weighted by molar-refractivity contribution is -0.198. The Labute approximate surface area is 241 Å². The Kier molecular flexibility index (Phi) is 19.0. The van der Waals surface area contributed by atoms with E-state index in [1.54, 1.807) is 27.8 Å². The van der Waals surface area contributed by atoms with E-state index in [2.05, 4.69) is 10.3 Å². The number of pyridine rings is 1. The van der Waals surface area contributed by atoms with Gasteiger partial charge in [0.2, 0.25) is 5.91 Å². The molecule has 1 saturated heterocycles. The molecule has 1 aliphatic rings. The molecule has 0 radical (unpaired) electrons. The first-order valence-electron chi connectivity index (χ1n) is 13.0. The Bertz CT molecular complexity index is 866. The van der Waals surface area contributed by atoms with Crippen LogP contribution in [0.1, 0.15) is 25.7 Å². The SMILES string of the molecule is O=C(CCOCCOCCOCCOCCOCCC(=O)ON1C(=O)CCC1=O)NCCSSc1ccccn1. The third kappa shape index (κ3) is 16.7. The van der Waals surface area contributed by atoms with Gasteiger partial charge in [0.25, 0.3) is 11.8 Å². The molecule has 1 aliphatic heterocycles. The molecule has 0 spiro atoms. The van der Waals surface area contributed by atoms with E-state index in [1.807, 2.05) is 18.2 Å². The molecule has 1 fully saturated rings. The van der Waals surface area contributed by atoms with Gasteiger partial charge in [-0.25, -0.2) is 9.78 Å². The fraction of sp³-hybridized carbons (Fsp3) is 0.640. The Morgan fingerprint density at radius 3 is 1.90 bits per heavy atom. The van der Waals surface area contributed by atoms with E-state index in [9.17, 15) is 19.2 Å². The number of amides is 3. The number of hydrogen-bond acceptors (Lipinski definition) is 13. The van der Waals surface area contributed by atoms with Gasteiger partial charge >= 0.3 is 5.97 Å². The number of aromatic nitrogens is 1. The number of carbonyl (C=O) groups is 4. The van der Waals surface area contributed by atoms with Gasteiger partial charge < -0.3 is 33.8 Å². The van der Waals surface area contributed by atoms with Gasteiger partial charge in [-0.15, -0.1) is 5.06 Å². The Hall–Kier alpha value is -2.27. The highest BCUT2D eigenvalue weighted by atomic mass is 33.1. The molecule has 3 amide bonds. The van der Waals surface area contributed by atoms with Crippen LogP contribution in [0.2, 0.25) is 0 Å². The third-order valence-electron chi connectivity index (χ3n) is 4.90. The van der Waals surface area contributed by atoms with Crippen molar-refractivity contribution in [2.24, 2.45) is 0 Å². The summed E-state index contributed by atoms with van der Waals surface area (Å²) < 4.78 is 26.8. The number of carbonyl (C=O) groups excluding carboxylic acids is 4. The molecular formula is C25H37N3O10S2. The van der Waals surface area contributed by atoms with Crippen LogP contribution in [0, 0.1) is 0 Å². The van der Waals surface area contributed by atoms with Crippen molar-refractivity contribution >= 4 is 45.3 Å². The summed E-state index contributed by atoms with van der Waals surface area (Å²) in [7, 11) is 3.23. The van der Waals surface area contributed by atoms with Crippen molar-refractivity contribution in [3.05, 3.63) is 24.4 Å². The molecule has 0 aliphatic carbocycles. The summed E-state index contributed by atoms with van der Waals surface area (Å²) in [5.74, 6) is -0.973. The van der Waals surface area contributed by atoms with E-state index in [0.717, 1.165) is 10.8 Å². The van der Waals surface area contributed by atoms with Gasteiger partial charge in [-0.05, 0) is 22.9 Å². The summed E-state index contributed by atoms with van der Waals surface area (Å²) in [6.45, 7) is 4.09. The molecule has 1 aromatic heterocycles. The number of imide groups is 1. The van der Waals surface area contributed by atoms with Crippen molar-refractivity contribution in [1.29, 1.82) is 0 Å². The second-order valence-electron chi connectivity index (χ2n) is 8.03. The van der Waals surface area contributed by atoms with Crippen LogP contribution in [-0.2, 0) is 47.7 Å². The number of ether oxygens (including phenoxy) is 5. The second kappa shape index (κ2) is 22.4. The van der Waals surface area contributed by atoms with Crippen LogP contribution in [0.3, 0.4) is 0 Å². The Morgan fingerprint density at radius 2 is 1.35 bits per heavy atom. The molecule has 1 aromatic rings. The minimum absolute atomic E-state index is 0.0402. The summed E-state index contributed by atoms with van der Waals surface area (Å²) in [4.78, 5) is 55.1. The third-order valence-corrected chi connectivity index (χ3v) is 7.17. The fourth-order valence-electron chi connectivity index (χ4n) is 2.93. The highest BCUT2D eigenvalue weighted by Gasteiger charge is 2.32. The van der Waals surface area contributed by atoms with Gasteiger partial charge in [0, 0.05) is 37.8 Å². The van der Waals surface area contributed by atoms with Crippen molar-refractivity contribution < 1.29 is 47.7 Å². The molecule has 1 N–H and O–H groups in total. The molecule has 13 nitrogen and oxygen atoms in total. The molecular weight excluding hydrogens is 566 g/mol. The van der Waals surface area contributed by atoms with Gasteiger partial charge in [0.1, 0.15) is 5.03 Å². The predicted molar refractivity (Wildman–Crippen MR) is 146 cm³/mol. The molecule has 2 rings (SSSR count). The molecule has 224 valence electrons. The molecule has 0 aromatic carbocycles. The molecule has 40 heavy (non-hydrogen) atoms. The quantitative estimate of drug-likeness (QED) is 0.103. The van der Waals surface area contributed by atoms with E-state index in [1.165, 1.54) is 0 Å². The first-order chi connectivity index (χ1) is 19.6. The van der Waals surface area contributed by atoms with E-state index >= 15 is 0 Å². The summed E-state index contributed by atoms with van der Waals surface area (Å²) in [6.07, 6.45) is 2.10. The maximum atomic E-state index is 11.8. The lowest BCUT2D eigenvalue weighted by atomic mass is 10.4. The number of hydroxylamine groups is 2. The lowest BCUT2D eigenvalue weighted by Crippen LogP contribution is -2.32. The van der Waals surface area contributed by atoms with Gasteiger partial charge in [-0.1, -0.05) is 16.9 Å². The largest absolute Gasteiger partial charge is 0.379 e. The average Bonchev–Trinajstić information content (AvgIpc) is 3.27. The van der Waals surface area contributed by atoms with Crippen LogP contribution in [-0.4, -0.2) is 112 Å². The van der Waals surface area contributed by atoms with E-state index in [0.29, 0.717) is 70.9 Å². The monoisotopic (exact) mass is 603 g/mol. The standard InChI is InChI=1S/C25H37N3O10S2/c29-21(26-9-20-39-40-22-3-1-2-8-27-22)6-10-33-12-14-35-16-18-37-19-17-36-15-13-34-11-7-25(32)38-28-23(30)4-5-24(28)31/h1-3,8H,4-7,9-20H2,(H,26,29). The maximum absolute atomic E-state index is 11.8. The predicted octanol–water partition coefficient (Wildman–Crippen LogP) is 1.41. The molecule has 0 bridgehead atoms. The van der Waals surface area contributed by atoms with Crippen molar-refractivity contribution in [2.75, 3.05) is 78.4 Å². The van der Waals surface area contributed by atoms with E-state index in [4.69, 9.17) is 28.5 Å². The molecule has 2 heterocycles. The summed E-state index contributed by atoms with van der Waals surface area (Å²) >= 11 is 0. The van der Waals surface area contributed by atoms with Crippen molar-refractivity contribution in [2.45, 2.75) is 30.7 Å². The topological polar surface area (TPSA) is 152 Å². The Morgan fingerprint density at radius 1 is 0.800 bits per heavy atom. The zero-order valence-electron chi connectivity index (χ0n) is 22.4. The molecule has 0 saturated carbocycles. The van der Waals surface area contributed by atoms with Crippen LogP contribution < -0.4 is 5.32 Å². The second-order valence-corrected chi connectivity index (χ2v) is 10.5. The normalized spacial score (nSPS) is 13.2. The van der Waals surface area contributed by atoms with Crippen LogP contribution in [0.5, 0.6) is 0 Å². The number of nitrogens with one attached hydrogen (secondary N) is 1. The van der Waals surface area contributed by atoms with Crippen LogP contribution in [0.25, 0.3) is 0 Å². The van der Waals surface area contributed by atoms with Crippen LogP contribution >= 0.6 is 21.6 Å². The highest BCUT2D eigenvalue weighted by Crippen LogP contribution is 2.28. The first kappa shape index (κ1) is 33.9. The zero-order valence-corrected chi connectivity index (χ0v) is 24.0. The van der Waals surface area contributed by atoms with Crippen molar-refractivity contribution in [3.8, 4) is 0 Å². The molecule has 15 heteroatoms. The Balaban J connectivity index is 1.24. The smallest absolute Gasteiger partial charge is 0.335 e. The van der Waals surface area contributed by atoms with E-state index in [-0.39, 0.29) is 38.4 Å². The summed E-state index contributed by atoms with van der Waals surface area (Å²) in [5, 5.41) is 4.33. The summed E-state index contributed by atoms with van der Waals surface area (Å²) in [6, 6.07) is 5.77. The van der Waals surface area contributed by atoms with Gasteiger partial charge in [-0.3, -0.25) is 14.4 Å². The average molecular weight is 604 g/mol. The minimum Gasteiger partial charge on any atom is -0.379 e. The van der Waals surface area contributed by atoms with Gasteiger partial charge in [-0.2, -0.15) is 0 Å². The van der Waals surface area contributed by atoms with Crippen LogP contribution in [0.4, 0.5) is 0 Å². The van der Waals surface area contributed by atoms with Crippen molar-refractivity contribution in [3.63, 3.8) is 0 Å². The van der Waals surface area contributed by atoms with Crippen LogP contribution in [0.15, 0.2) is 29.4 Å². The number of rotatable bonds is 24.